The van der Waals surface area contributed by atoms with Gasteiger partial charge >= 0.3 is 0 Å². The highest BCUT2D eigenvalue weighted by Crippen LogP contribution is 2.23. The zero-order valence-corrected chi connectivity index (χ0v) is 15.1. The number of hydrogen-bond donors (Lipinski definition) is 2. The van der Waals surface area contributed by atoms with Crippen molar-refractivity contribution in [3.05, 3.63) is 70.5 Å². The maximum absolute atomic E-state index is 12.1. The van der Waals surface area contributed by atoms with E-state index >= 15 is 0 Å². The topological polar surface area (TPSA) is 78.5 Å². The summed E-state index contributed by atoms with van der Waals surface area (Å²) in [6.07, 6.45) is -0.195. The van der Waals surface area contributed by atoms with Crippen LogP contribution in [0.1, 0.15) is 5.56 Å². The summed E-state index contributed by atoms with van der Waals surface area (Å²) >= 11 is 0. The average molecular weight is 363 g/mol. The summed E-state index contributed by atoms with van der Waals surface area (Å²) < 4.78 is 5.17. The van der Waals surface area contributed by atoms with Crippen LogP contribution in [0.2, 0.25) is 0 Å². The van der Waals surface area contributed by atoms with Crippen LogP contribution in [-0.4, -0.2) is 46.3 Å². The number of methoxy groups -OCH3 is 1. The summed E-state index contributed by atoms with van der Waals surface area (Å²) in [7, 11) is 1.62. The number of β-amino-alcohol motifs (C(OH)–C–C–N with tert-alkyl or cyclic N) is 1. The Morgan fingerprint density at radius 1 is 1.11 bits per heavy atom. The molecule has 6 nitrogen and oxygen atoms in total. The normalized spacial score (nSPS) is 14.7. The molecule has 0 radical (unpaired) electrons. The van der Waals surface area contributed by atoms with E-state index in [0.29, 0.717) is 11.5 Å². The second-order valence-corrected chi connectivity index (χ2v) is 6.75. The monoisotopic (exact) mass is 363 g/mol. The molecule has 2 heterocycles. The van der Waals surface area contributed by atoms with Crippen molar-refractivity contribution in [1.29, 1.82) is 0 Å². The van der Waals surface area contributed by atoms with Gasteiger partial charge in [0.05, 0.1) is 18.9 Å². The average Bonchev–Trinajstić information content (AvgIpc) is 2.67. The predicted octanol–water partition coefficient (Wildman–Crippen LogP) is 2.29. The first-order chi connectivity index (χ1) is 13.1. The van der Waals surface area contributed by atoms with Gasteiger partial charge < -0.3 is 14.8 Å². The number of hydrogen-bond acceptors (Lipinski definition) is 5. The summed E-state index contributed by atoms with van der Waals surface area (Å²) in [5, 5.41) is 9.37. The van der Waals surface area contributed by atoms with Crippen molar-refractivity contribution in [2.24, 2.45) is 0 Å². The highest BCUT2D eigenvalue weighted by atomic mass is 16.5. The predicted molar refractivity (Wildman–Crippen MR) is 104 cm³/mol. The van der Waals surface area contributed by atoms with E-state index in [4.69, 9.17) is 4.74 Å². The van der Waals surface area contributed by atoms with Crippen molar-refractivity contribution >= 4 is 0 Å². The van der Waals surface area contributed by atoms with Crippen LogP contribution in [0.25, 0.3) is 22.6 Å². The lowest BCUT2D eigenvalue weighted by molar-refractivity contribution is -0.00286. The Labute approximate surface area is 157 Å². The Hall–Kier alpha value is -2.96. The molecule has 2 aromatic carbocycles. The Morgan fingerprint density at radius 2 is 1.78 bits per heavy atom. The Balaban J connectivity index is 1.57. The van der Waals surface area contributed by atoms with Crippen molar-refractivity contribution < 1.29 is 9.84 Å². The molecule has 3 aromatic rings. The fraction of sp³-hybridized carbons (Fsp3) is 0.238. The number of rotatable bonds is 5. The quantitative estimate of drug-likeness (QED) is 0.727. The molecule has 0 saturated carbocycles. The van der Waals surface area contributed by atoms with Gasteiger partial charge in [0.2, 0.25) is 0 Å². The van der Waals surface area contributed by atoms with Crippen molar-refractivity contribution in [2.45, 2.75) is 12.6 Å². The van der Waals surface area contributed by atoms with Crippen LogP contribution < -0.4 is 10.3 Å². The molecule has 138 valence electrons. The Bertz CT molecular complexity index is 975. The van der Waals surface area contributed by atoms with Gasteiger partial charge in [-0.3, -0.25) is 9.69 Å². The Kier molecular flexibility index (Phi) is 4.75. The van der Waals surface area contributed by atoms with E-state index in [1.54, 1.807) is 7.11 Å². The van der Waals surface area contributed by atoms with Gasteiger partial charge in [-0.2, -0.15) is 0 Å². The highest BCUT2D eigenvalue weighted by Gasteiger charge is 2.23. The summed E-state index contributed by atoms with van der Waals surface area (Å²) in [5.41, 5.74) is 3.31. The second kappa shape index (κ2) is 7.34. The maximum Gasteiger partial charge on any atom is 0.251 e. The van der Waals surface area contributed by atoms with Crippen molar-refractivity contribution in [1.82, 2.24) is 14.9 Å². The molecule has 1 aromatic heterocycles. The first-order valence-corrected chi connectivity index (χ1v) is 8.86. The molecule has 27 heavy (non-hydrogen) atoms. The highest BCUT2D eigenvalue weighted by molar-refractivity contribution is 5.64. The summed E-state index contributed by atoms with van der Waals surface area (Å²) in [6, 6.07) is 16.9. The van der Waals surface area contributed by atoms with Crippen LogP contribution in [-0.2, 0) is 6.54 Å². The number of aliphatic hydroxyl groups excluding tert-OH is 1. The number of benzene rings is 2. The van der Waals surface area contributed by atoms with Crippen LogP contribution in [0, 0.1) is 0 Å². The number of nitrogens with one attached hydrogen (secondary N) is 1. The lowest BCUT2D eigenvalue weighted by Gasteiger charge is -2.35. The minimum atomic E-state index is -0.195. The SMILES string of the molecule is COc1ccc(-c2cc(=O)[nH]c(-c3ccc(CN4CC(O)C4)cc3)n2)cc1. The molecule has 0 amide bonds. The Morgan fingerprint density at radius 3 is 2.41 bits per heavy atom. The number of nitrogens with zero attached hydrogens (tertiary/aromatic N) is 2. The lowest BCUT2D eigenvalue weighted by atomic mass is 10.1. The van der Waals surface area contributed by atoms with Crippen molar-refractivity contribution in [2.75, 3.05) is 20.2 Å². The summed E-state index contributed by atoms with van der Waals surface area (Å²) in [6.45, 7) is 2.26. The minimum Gasteiger partial charge on any atom is -0.497 e. The van der Waals surface area contributed by atoms with E-state index in [0.717, 1.165) is 36.5 Å². The molecule has 1 saturated heterocycles. The van der Waals surface area contributed by atoms with Gasteiger partial charge in [0.15, 0.2) is 0 Å². The summed E-state index contributed by atoms with van der Waals surface area (Å²) in [5.74, 6) is 1.30. The maximum atomic E-state index is 12.1. The molecule has 4 rings (SSSR count). The molecule has 1 fully saturated rings. The number of aromatic amines is 1. The molecule has 0 unspecified atom stereocenters. The molecule has 0 spiro atoms. The fourth-order valence-corrected chi connectivity index (χ4v) is 3.20. The molecule has 1 aliphatic rings. The number of aliphatic hydroxyl groups is 1. The minimum absolute atomic E-state index is 0.190. The molecule has 0 bridgehead atoms. The molecule has 0 aliphatic carbocycles. The van der Waals surface area contributed by atoms with Gasteiger partial charge in [-0.1, -0.05) is 24.3 Å². The van der Waals surface area contributed by atoms with Gasteiger partial charge in [0.1, 0.15) is 11.6 Å². The first-order valence-electron chi connectivity index (χ1n) is 8.86. The number of H-pyrrole nitrogens is 1. The van der Waals surface area contributed by atoms with Crippen molar-refractivity contribution in [3.8, 4) is 28.4 Å². The number of aromatic nitrogens is 2. The van der Waals surface area contributed by atoms with E-state index < -0.39 is 0 Å². The third kappa shape index (κ3) is 3.92. The molecule has 1 aliphatic heterocycles. The van der Waals surface area contributed by atoms with Gasteiger partial charge in [0.25, 0.3) is 5.56 Å². The zero-order valence-electron chi connectivity index (χ0n) is 15.1. The fourth-order valence-electron chi connectivity index (χ4n) is 3.20. The number of ether oxygens (including phenoxy) is 1. The van der Waals surface area contributed by atoms with Crippen LogP contribution in [0.15, 0.2) is 59.4 Å². The largest absolute Gasteiger partial charge is 0.497 e. The van der Waals surface area contributed by atoms with Gasteiger partial charge in [-0.05, 0) is 29.8 Å². The van der Waals surface area contributed by atoms with E-state index in [1.165, 1.54) is 11.6 Å². The number of likely N-dealkylation sites (tertiary alicyclic amines) is 1. The van der Waals surface area contributed by atoms with Crippen LogP contribution >= 0.6 is 0 Å². The van der Waals surface area contributed by atoms with Crippen LogP contribution in [0.4, 0.5) is 0 Å². The molecule has 2 N–H and O–H groups in total. The van der Waals surface area contributed by atoms with Crippen LogP contribution in [0.3, 0.4) is 0 Å². The first kappa shape index (κ1) is 17.5. The molecule has 6 heteroatoms. The van der Waals surface area contributed by atoms with Gasteiger partial charge in [-0.25, -0.2) is 4.98 Å². The summed E-state index contributed by atoms with van der Waals surface area (Å²) in [4.78, 5) is 21.7. The second-order valence-electron chi connectivity index (χ2n) is 6.75. The van der Waals surface area contributed by atoms with Crippen LogP contribution in [0.5, 0.6) is 5.75 Å². The zero-order chi connectivity index (χ0) is 18.8. The van der Waals surface area contributed by atoms with E-state index in [9.17, 15) is 9.90 Å². The van der Waals surface area contributed by atoms with Crippen molar-refractivity contribution in [3.63, 3.8) is 0 Å². The molecular formula is C21H21N3O3. The standard InChI is InChI=1S/C21H21N3O3/c1-27-18-8-6-15(7-9-18)19-10-20(26)23-21(22-19)16-4-2-14(3-5-16)11-24-12-17(25)13-24/h2-10,17,25H,11-13H2,1H3,(H,22,23,26). The molecule has 0 atom stereocenters. The third-order valence-corrected chi connectivity index (χ3v) is 4.70. The lowest BCUT2D eigenvalue weighted by Crippen LogP contribution is -2.49. The van der Waals surface area contributed by atoms with E-state index in [2.05, 4.69) is 14.9 Å². The van der Waals surface area contributed by atoms with E-state index in [1.807, 2.05) is 48.5 Å². The molecular weight excluding hydrogens is 342 g/mol. The smallest absolute Gasteiger partial charge is 0.251 e. The van der Waals surface area contributed by atoms with Gasteiger partial charge in [-0.15, -0.1) is 0 Å². The van der Waals surface area contributed by atoms with E-state index in [-0.39, 0.29) is 11.7 Å². The third-order valence-electron chi connectivity index (χ3n) is 4.70. The van der Waals surface area contributed by atoms with Gasteiger partial charge in [0, 0.05) is 36.8 Å².